The summed E-state index contributed by atoms with van der Waals surface area (Å²) in [6.45, 7) is 1.22. The Bertz CT molecular complexity index is 482. The fraction of sp³-hybridized carbons (Fsp3) is 0.400. The van der Waals surface area contributed by atoms with Crippen LogP contribution in [-0.2, 0) is 16.0 Å². The normalized spacial score (nSPS) is 10.3. The molecular weight excluding hydrogens is 284 g/mol. The number of nitrogens with one attached hydrogen (secondary N) is 2. The lowest BCUT2D eigenvalue weighted by Gasteiger charge is -2.16. The lowest BCUT2D eigenvalue weighted by molar-refractivity contribution is -0.135. The van der Waals surface area contributed by atoms with Crippen molar-refractivity contribution in [1.82, 2.24) is 10.6 Å². The maximum absolute atomic E-state index is 12.1. The number of carbonyl (C=O) groups is 3. The number of hydrogen-bond donors (Lipinski definition) is 4. The van der Waals surface area contributed by atoms with Crippen molar-refractivity contribution in [3.63, 3.8) is 0 Å². The highest BCUT2D eigenvalue weighted by atomic mass is 16.2. The van der Waals surface area contributed by atoms with Crippen LogP contribution in [-0.4, -0.2) is 44.3 Å². The van der Waals surface area contributed by atoms with Gasteiger partial charge < -0.3 is 22.1 Å². The first-order valence-corrected chi connectivity index (χ1v) is 7.12. The molecule has 7 heteroatoms. The third-order valence-corrected chi connectivity index (χ3v) is 3.08. The van der Waals surface area contributed by atoms with Crippen LogP contribution >= 0.6 is 0 Å². The number of aldehydes is 1. The zero-order valence-electron chi connectivity index (χ0n) is 12.4. The Labute approximate surface area is 129 Å². The molecule has 0 aromatic heterocycles. The highest BCUT2D eigenvalue weighted by molar-refractivity contribution is 6.00. The van der Waals surface area contributed by atoms with E-state index in [-0.39, 0.29) is 18.2 Å². The molecule has 0 bridgehead atoms. The average Bonchev–Trinajstić information content (AvgIpc) is 2.55. The van der Waals surface area contributed by atoms with Gasteiger partial charge in [0, 0.05) is 31.7 Å². The average molecular weight is 306 g/mol. The van der Waals surface area contributed by atoms with E-state index < -0.39 is 5.92 Å². The number of benzene rings is 1. The Hall–Kier alpha value is -2.25. The predicted molar refractivity (Wildman–Crippen MR) is 83.2 cm³/mol. The fourth-order valence-corrected chi connectivity index (χ4v) is 1.91. The maximum atomic E-state index is 12.1. The van der Waals surface area contributed by atoms with Crippen molar-refractivity contribution in [2.75, 3.05) is 26.2 Å². The number of carbonyl (C=O) groups excluding carboxylic acids is 3. The highest BCUT2D eigenvalue weighted by Gasteiger charge is 2.26. The van der Waals surface area contributed by atoms with E-state index in [1.54, 1.807) is 24.3 Å². The topological polar surface area (TPSA) is 127 Å². The molecule has 6 N–H and O–H groups in total. The van der Waals surface area contributed by atoms with E-state index in [4.69, 9.17) is 11.5 Å². The van der Waals surface area contributed by atoms with Crippen LogP contribution in [0.15, 0.2) is 24.3 Å². The molecule has 0 saturated heterocycles. The lowest BCUT2D eigenvalue weighted by atomic mass is 9.96. The molecule has 120 valence electrons. The van der Waals surface area contributed by atoms with Gasteiger partial charge in [0.2, 0.25) is 11.8 Å². The summed E-state index contributed by atoms with van der Waals surface area (Å²) in [6.07, 6.45) is 0.981. The molecule has 0 radical (unpaired) electrons. The number of amides is 2. The minimum Gasteiger partial charge on any atom is -0.354 e. The van der Waals surface area contributed by atoms with Gasteiger partial charge in [0.25, 0.3) is 0 Å². The van der Waals surface area contributed by atoms with Gasteiger partial charge in [-0.3, -0.25) is 14.4 Å². The third kappa shape index (κ3) is 5.63. The van der Waals surface area contributed by atoms with Gasteiger partial charge in [0.05, 0.1) is 0 Å². The van der Waals surface area contributed by atoms with Gasteiger partial charge in [-0.1, -0.05) is 24.3 Å². The van der Waals surface area contributed by atoms with E-state index >= 15 is 0 Å². The molecule has 0 aliphatic heterocycles. The van der Waals surface area contributed by atoms with Crippen molar-refractivity contribution in [3.8, 4) is 0 Å². The summed E-state index contributed by atoms with van der Waals surface area (Å²) in [5, 5.41) is 5.24. The molecule has 0 fully saturated rings. The summed E-state index contributed by atoms with van der Waals surface area (Å²) < 4.78 is 0. The molecule has 1 aromatic rings. The smallest absolute Gasteiger partial charge is 0.232 e. The summed E-state index contributed by atoms with van der Waals surface area (Å²) in [5.74, 6) is -1.61. The van der Waals surface area contributed by atoms with Crippen LogP contribution in [0.3, 0.4) is 0 Å². The molecule has 0 atom stereocenters. The Morgan fingerprint density at radius 2 is 1.50 bits per heavy atom. The van der Waals surface area contributed by atoms with Crippen LogP contribution in [0, 0.1) is 5.92 Å². The molecule has 2 amide bonds. The first kappa shape index (κ1) is 17.8. The monoisotopic (exact) mass is 306 g/mol. The first-order valence-electron chi connectivity index (χ1n) is 7.12. The molecule has 22 heavy (non-hydrogen) atoms. The van der Waals surface area contributed by atoms with Gasteiger partial charge in [0.1, 0.15) is 12.2 Å². The quantitative estimate of drug-likeness (QED) is 0.337. The second-order valence-electron chi connectivity index (χ2n) is 4.78. The second-order valence-corrected chi connectivity index (χ2v) is 4.78. The number of rotatable bonds is 9. The molecule has 0 aliphatic rings. The summed E-state index contributed by atoms with van der Waals surface area (Å²) in [5.41, 5.74) is 12.0. The van der Waals surface area contributed by atoms with Gasteiger partial charge in [-0.15, -0.1) is 0 Å². The van der Waals surface area contributed by atoms with Crippen LogP contribution in [0.4, 0.5) is 0 Å². The van der Waals surface area contributed by atoms with Gasteiger partial charge in [-0.05, 0) is 12.0 Å². The Kier molecular flexibility index (Phi) is 7.80. The van der Waals surface area contributed by atoms with Crippen molar-refractivity contribution < 1.29 is 14.4 Å². The maximum Gasteiger partial charge on any atom is 0.232 e. The second kappa shape index (κ2) is 9.64. The molecule has 7 nitrogen and oxygen atoms in total. The first-order chi connectivity index (χ1) is 10.6. The lowest BCUT2D eigenvalue weighted by Crippen LogP contribution is -2.44. The molecule has 0 saturated carbocycles. The van der Waals surface area contributed by atoms with E-state index in [0.29, 0.717) is 31.7 Å². The van der Waals surface area contributed by atoms with Crippen molar-refractivity contribution in [1.29, 1.82) is 0 Å². The summed E-state index contributed by atoms with van der Waals surface area (Å²) >= 11 is 0. The molecule has 1 aromatic carbocycles. The van der Waals surface area contributed by atoms with Crippen LogP contribution in [0.2, 0.25) is 0 Å². The third-order valence-electron chi connectivity index (χ3n) is 3.08. The van der Waals surface area contributed by atoms with E-state index in [2.05, 4.69) is 10.6 Å². The predicted octanol–water partition coefficient (Wildman–Crippen LogP) is -1.19. The SMILES string of the molecule is NCCNC(=O)C(Cc1ccc(C=O)cc1)C(=O)NCCN. The van der Waals surface area contributed by atoms with E-state index in [9.17, 15) is 14.4 Å². The molecule has 1 rings (SSSR count). The van der Waals surface area contributed by atoms with Crippen LogP contribution in [0.5, 0.6) is 0 Å². The molecule has 0 spiro atoms. The van der Waals surface area contributed by atoms with E-state index in [0.717, 1.165) is 11.8 Å². The van der Waals surface area contributed by atoms with Crippen LogP contribution in [0.25, 0.3) is 0 Å². The highest BCUT2D eigenvalue weighted by Crippen LogP contribution is 2.11. The van der Waals surface area contributed by atoms with Gasteiger partial charge in [-0.25, -0.2) is 0 Å². The Morgan fingerprint density at radius 1 is 1.00 bits per heavy atom. The van der Waals surface area contributed by atoms with Gasteiger partial charge >= 0.3 is 0 Å². The van der Waals surface area contributed by atoms with Crippen molar-refractivity contribution in [3.05, 3.63) is 35.4 Å². The standard InChI is InChI=1S/C15H22N4O3/c16-5-7-18-14(21)13(15(22)19-8-6-17)9-11-1-3-12(10-20)4-2-11/h1-4,10,13H,5-9,16-17H2,(H,18,21)(H,19,22). The molecule has 0 unspecified atom stereocenters. The van der Waals surface area contributed by atoms with Crippen molar-refractivity contribution in [2.24, 2.45) is 17.4 Å². The van der Waals surface area contributed by atoms with Crippen LogP contribution in [0.1, 0.15) is 15.9 Å². The number of nitrogens with two attached hydrogens (primary N) is 2. The van der Waals surface area contributed by atoms with Crippen molar-refractivity contribution in [2.45, 2.75) is 6.42 Å². The van der Waals surface area contributed by atoms with Crippen molar-refractivity contribution >= 4 is 18.1 Å². The Morgan fingerprint density at radius 3 is 1.91 bits per heavy atom. The van der Waals surface area contributed by atoms with Gasteiger partial charge in [-0.2, -0.15) is 0 Å². The molecular formula is C15H22N4O3. The zero-order valence-corrected chi connectivity index (χ0v) is 12.4. The molecule has 0 aliphatic carbocycles. The zero-order chi connectivity index (χ0) is 16.4. The number of hydrogen-bond acceptors (Lipinski definition) is 5. The Balaban J connectivity index is 2.80. The van der Waals surface area contributed by atoms with E-state index in [1.165, 1.54) is 0 Å². The van der Waals surface area contributed by atoms with Gasteiger partial charge in [0.15, 0.2) is 0 Å². The van der Waals surface area contributed by atoms with E-state index in [1.807, 2.05) is 0 Å². The van der Waals surface area contributed by atoms with Crippen LogP contribution < -0.4 is 22.1 Å². The largest absolute Gasteiger partial charge is 0.354 e. The fourth-order valence-electron chi connectivity index (χ4n) is 1.91. The minimum atomic E-state index is -0.861. The molecule has 0 heterocycles. The minimum absolute atomic E-state index is 0.242. The summed E-state index contributed by atoms with van der Waals surface area (Å²) in [7, 11) is 0. The summed E-state index contributed by atoms with van der Waals surface area (Å²) in [6, 6.07) is 6.75. The summed E-state index contributed by atoms with van der Waals surface area (Å²) in [4.78, 5) is 34.9.